The van der Waals surface area contributed by atoms with Crippen molar-refractivity contribution in [3.05, 3.63) is 29.6 Å². The quantitative estimate of drug-likeness (QED) is 0.792. The maximum Gasteiger partial charge on any atom is 0.228 e. The normalized spacial score (nSPS) is 27.2. The molecule has 0 spiro atoms. The van der Waals surface area contributed by atoms with Crippen molar-refractivity contribution >= 4 is 17.5 Å². The molecule has 3 atom stereocenters. The van der Waals surface area contributed by atoms with E-state index in [0.29, 0.717) is 17.8 Å². The van der Waals surface area contributed by atoms with Crippen LogP contribution in [0.1, 0.15) is 37.2 Å². The molecule has 22 heavy (non-hydrogen) atoms. The van der Waals surface area contributed by atoms with Gasteiger partial charge >= 0.3 is 0 Å². The lowest BCUT2D eigenvalue weighted by Crippen LogP contribution is -2.38. The van der Waals surface area contributed by atoms with Gasteiger partial charge in [-0.3, -0.25) is 9.59 Å². The van der Waals surface area contributed by atoms with Crippen molar-refractivity contribution < 1.29 is 19.1 Å². The van der Waals surface area contributed by atoms with Crippen molar-refractivity contribution in [1.82, 2.24) is 5.32 Å². The molecule has 1 aliphatic carbocycles. The summed E-state index contributed by atoms with van der Waals surface area (Å²) in [5, 5.41) is 15.2. The summed E-state index contributed by atoms with van der Waals surface area (Å²) in [6.07, 6.45) is 2.33. The van der Waals surface area contributed by atoms with E-state index in [0.717, 1.165) is 19.3 Å². The van der Waals surface area contributed by atoms with Gasteiger partial charge in [-0.15, -0.1) is 0 Å². The van der Waals surface area contributed by atoms with Gasteiger partial charge in [-0.25, -0.2) is 4.39 Å². The van der Waals surface area contributed by atoms with Crippen molar-refractivity contribution in [3.63, 3.8) is 0 Å². The van der Waals surface area contributed by atoms with Crippen LogP contribution in [0.5, 0.6) is 0 Å². The molecule has 118 valence electrons. The zero-order valence-corrected chi connectivity index (χ0v) is 12.1. The molecule has 0 bridgehead atoms. The first kappa shape index (κ1) is 15.0. The summed E-state index contributed by atoms with van der Waals surface area (Å²) in [5.74, 6) is -1.52. The number of amides is 2. The van der Waals surface area contributed by atoms with Gasteiger partial charge in [-0.1, -0.05) is 12.5 Å². The van der Waals surface area contributed by atoms with E-state index in [2.05, 4.69) is 10.6 Å². The maximum atomic E-state index is 13.3. The van der Waals surface area contributed by atoms with E-state index < -0.39 is 11.7 Å². The Hall–Kier alpha value is -1.95. The molecule has 6 heteroatoms. The monoisotopic (exact) mass is 306 g/mol. The molecule has 0 aromatic heterocycles. The molecule has 3 rings (SSSR count). The molecule has 5 nitrogen and oxygen atoms in total. The molecule has 0 saturated heterocycles. The Bertz CT molecular complexity index is 605. The lowest BCUT2D eigenvalue weighted by atomic mass is 9.89. The van der Waals surface area contributed by atoms with Crippen LogP contribution in [0.25, 0.3) is 0 Å². The van der Waals surface area contributed by atoms with Crippen LogP contribution in [-0.2, 0) is 9.59 Å². The summed E-state index contributed by atoms with van der Waals surface area (Å²) in [6.45, 7) is 0.411. The van der Waals surface area contributed by atoms with Crippen LogP contribution < -0.4 is 10.6 Å². The Kier molecular flexibility index (Phi) is 4.11. The van der Waals surface area contributed by atoms with Crippen LogP contribution in [0.3, 0.4) is 0 Å². The summed E-state index contributed by atoms with van der Waals surface area (Å²) < 4.78 is 13.3. The average Bonchev–Trinajstić information content (AvgIpc) is 2.88. The average molecular weight is 306 g/mol. The predicted molar refractivity (Wildman–Crippen MR) is 78.7 cm³/mol. The number of anilines is 1. The largest absolute Gasteiger partial charge is 0.393 e. The van der Waals surface area contributed by atoms with E-state index in [9.17, 15) is 19.1 Å². The molecule has 1 saturated carbocycles. The zero-order chi connectivity index (χ0) is 15.7. The van der Waals surface area contributed by atoms with E-state index in [1.54, 1.807) is 6.07 Å². The second-order valence-corrected chi connectivity index (χ2v) is 6.04. The van der Waals surface area contributed by atoms with Crippen molar-refractivity contribution in [2.45, 2.75) is 37.7 Å². The predicted octanol–water partition coefficient (Wildman–Crippen LogP) is 1.53. The van der Waals surface area contributed by atoms with E-state index in [-0.39, 0.29) is 30.3 Å². The highest BCUT2D eigenvalue weighted by molar-refractivity contribution is 6.01. The Morgan fingerprint density at radius 3 is 2.95 bits per heavy atom. The third-order valence-electron chi connectivity index (χ3n) is 4.53. The summed E-state index contributed by atoms with van der Waals surface area (Å²) in [5.41, 5.74) is 0.989. The van der Waals surface area contributed by atoms with E-state index >= 15 is 0 Å². The number of carbonyl (C=O) groups excluding carboxylic acids is 2. The number of nitrogens with one attached hydrogen (secondary N) is 2. The van der Waals surface area contributed by atoms with Gasteiger partial charge in [0.25, 0.3) is 0 Å². The third kappa shape index (κ3) is 2.97. The zero-order valence-electron chi connectivity index (χ0n) is 12.1. The number of fused-ring (bicyclic) bond motifs is 1. The molecular weight excluding hydrogens is 287 g/mol. The second kappa shape index (κ2) is 6.04. The molecule has 2 amide bonds. The Morgan fingerprint density at radius 2 is 2.23 bits per heavy atom. The second-order valence-electron chi connectivity index (χ2n) is 6.04. The molecule has 3 N–H and O–H groups in total. The first-order valence-corrected chi connectivity index (χ1v) is 7.59. The smallest absolute Gasteiger partial charge is 0.228 e. The molecule has 3 unspecified atom stereocenters. The van der Waals surface area contributed by atoms with Gasteiger partial charge in [0.15, 0.2) is 0 Å². The summed E-state index contributed by atoms with van der Waals surface area (Å²) in [4.78, 5) is 24.1. The number of hydrogen-bond donors (Lipinski definition) is 3. The van der Waals surface area contributed by atoms with Crippen LogP contribution in [0, 0.1) is 11.7 Å². The van der Waals surface area contributed by atoms with Crippen LogP contribution in [0.15, 0.2) is 18.2 Å². The topological polar surface area (TPSA) is 78.4 Å². The third-order valence-corrected chi connectivity index (χ3v) is 4.53. The minimum Gasteiger partial charge on any atom is -0.393 e. The lowest BCUT2D eigenvalue weighted by Gasteiger charge is -2.25. The lowest BCUT2D eigenvalue weighted by molar-refractivity contribution is -0.126. The van der Waals surface area contributed by atoms with Gasteiger partial charge in [-0.05, 0) is 30.5 Å². The Morgan fingerprint density at radius 1 is 1.41 bits per heavy atom. The number of aliphatic hydroxyl groups is 1. The molecule has 1 aliphatic heterocycles. The highest BCUT2D eigenvalue weighted by Gasteiger charge is 2.32. The first-order chi connectivity index (χ1) is 10.5. The van der Waals surface area contributed by atoms with Gasteiger partial charge in [0.05, 0.1) is 12.0 Å². The van der Waals surface area contributed by atoms with Crippen molar-refractivity contribution in [2.75, 3.05) is 11.9 Å². The van der Waals surface area contributed by atoms with Gasteiger partial charge in [0.1, 0.15) is 5.82 Å². The van der Waals surface area contributed by atoms with E-state index in [1.165, 1.54) is 12.1 Å². The summed E-state index contributed by atoms with van der Waals surface area (Å²) in [7, 11) is 0. The molecule has 1 fully saturated rings. The molecule has 2 aliphatic rings. The highest BCUT2D eigenvalue weighted by Crippen LogP contribution is 2.33. The van der Waals surface area contributed by atoms with Crippen molar-refractivity contribution in [2.24, 2.45) is 5.92 Å². The minimum atomic E-state index is -0.608. The number of benzene rings is 1. The van der Waals surface area contributed by atoms with Crippen LogP contribution >= 0.6 is 0 Å². The van der Waals surface area contributed by atoms with E-state index in [4.69, 9.17) is 0 Å². The summed E-state index contributed by atoms with van der Waals surface area (Å²) in [6, 6.07) is 4.06. The number of hydrogen-bond acceptors (Lipinski definition) is 3. The maximum absolute atomic E-state index is 13.3. The van der Waals surface area contributed by atoms with Crippen molar-refractivity contribution in [3.8, 4) is 0 Å². The fourth-order valence-corrected chi connectivity index (χ4v) is 3.28. The number of aliphatic hydroxyl groups excluding tert-OH is 1. The number of rotatable bonds is 3. The molecule has 1 aromatic carbocycles. The number of halogens is 1. The van der Waals surface area contributed by atoms with Crippen LogP contribution in [0.2, 0.25) is 0 Å². The van der Waals surface area contributed by atoms with Crippen molar-refractivity contribution in [1.29, 1.82) is 0 Å². The SMILES string of the molecule is O=C1CC(C(=O)NCC2CCCC2O)c2ccc(F)cc2N1. The molecule has 0 radical (unpaired) electrons. The molecule has 1 heterocycles. The molecule has 1 aromatic rings. The van der Waals surface area contributed by atoms with Gasteiger partial charge < -0.3 is 15.7 Å². The van der Waals surface area contributed by atoms with Gasteiger partial charge in [0.2, 0.25) is 11.8 Å². The summed E-state index contributed by atoms with van der Waals surface area (Å²) >= 11 is 0. The minimum absolute atomic E-state index is 0.0533. The van der Waals surface area contributed by atoms with Crippen LogP contribution in [-0.4, -0.2) is 29.6 Å². The van der Waals surface area contributed by atoms with Gasteiger partial charge in [-0.2, -0.15) is 0 Å². The van der Waals surface area contributed by atoms with Gasteiger partial charge in [0, 0.05) is 24.6 Å². The standard InChI is InChI=1S/C16H19FN2O3/c17-10-4-5-11-12(7-15(21)19-13(11)6-10)16(22)18-8-9-2-1-3-14(9)20/h4-6,9,12,14,20H,1-3,7-8H2,(H,18,22)(H,19,21). The van der Waals surface area contributed by atoms with Crippen LogP contribution in [0.4, 0.5) is 10.1 Å². The van der Waals surface area contributed by atoms with E-state index in [1.807, 2.05) is 0 Å². The number of carbonyl (C=O) groups is 2. The molecular formula is C16H19FN2O3. The Labute approximate surface area is 127 Å². The fourth-order valence-electron chi connectivity index (χ4n) is 3.28. The first-order valence-electron chi connectivity index (χ1n) is 7.59. The fraction of sp³-hybridized carbons (Fsp3) is 0.500. The Balaban J connectivity index is 1.71. The highest BCUT2D eigenvalue weighted by atomic mass is 19.1.